The summed E-state index contributed by atoms with van der Waals surface area (Å²) in [6, 6.07) is 0.103. The molecule has 0 radical (unpaired) electrons. The van der Waals surface area contributed by atoms with Crippen LogP contribution in [0.4, 0.5) is 0 Å². The van der Waals surface area contributed by atoms with E-state index in [1.165, 1.54) is 0 Å². The van der Waals surface area contributed by atoms with E-state index in [1.54, 1.807) is 12.5 Å². The molecule has 16 heavy (non-hydrogen) atoms. The summed E-state index contributed by atoms with van der Waals surface area (Å²) in [5, 5.41) is 2.94. The fourth-order valence-electron chi connectivity index (χ4n) is 1.49. The third kappa shape index (κ3) is 4.44. The summed E-state index contributed by atoms with van der Waals surface area (Å²) in [5.74, 6) is 0.297. The Balaban J connectivity index is 2.28. The molecule has 2 atom stereocenters. The first-order valence-electron chi connectivity index (χ1n) is 5.57. The molecule has 0 aromatic carbocycles. The molecule has 1 aromatic rings. The number of carbonyl (C=O) groups is 1. The van der Waals surface area contributed by atoms with Gasteiger partial charge in [0.15, 0.2) is 0 Å². The molecule has 0 fully saturated rings. The smallest absolute Gasteiger partial charge is 0.220 e. The standard InChI is InChI=1S/C11H20N4O/c1-9(6-12)5-11(16)14-10(2)7-15-4-3-13-8-15/h3-4,8-10H,5-7,12H2,1-2H3,(H,14,16). The van der Waals surface area contributed by atoms with Gasteiger partial charge in [0.25, 0.3) is 0 Å². The number of hydrogen-bond donors (Lipinski definition) is 2. The molecule has 2 unspecified atom stereocenters. The highest BCUT2D eigenvalue weighted by atomic mass is 16.1. The van der Waals surface area contributed by atoms with Crippen molar-refractivity contribution in [3.8, 4) is 0 Å². The molecule has 1 rings (SSSR count). The van der Waals surface area contributed by atoms with Gasteiger partial charge in [0.1, 0.15) is 0 Å². The van der Waals surface area contributed by atoms with Crippen molar-refractivity contribution in [2.24, 2.45) is 11.7 Å². The van der Waals surface area contributed by atoms with E-state index in [0.29, 0.717) is 13.0 Å². The average Bonchev–Trinajstić information content (AvgIpc) is 2.69. The van der Waals surface area contributed by atoms with E-state index in [9.17, 15) is 4.79 Å². The van der Waals surface area contributed by atoms with Gasteiger partial charge in [0.2, 0.25) is 5.91 Å². The number of rotatable bonds is 6. The Morgan fingerprint density at radius 2 is 2.31 bits per heavy atom. The summed E-state index contributed by atoms with van der Waals surface area (Å²) in [7, 11) is 0. The molecule has 0 saturated carbocycles. The van der Waals surface area contributed by atoms with Crippen LogP contribution in [0, 0.1) is 5.92 Å². The lowest BCUT2D eigenvalue weighted by molar-refractivity contribution is -0.122. The largest absolute Gasteiger partial charge is 0.352 e. The van der Waals surface area contributed by atoms with Crippen LogP contribution in [0.25, 0.3) is 0 Å². The van der Waals surface area contributed by atoms with E-state index in [4.69, 9.17) is 5.73 Å². The maximum atomic E-state index is 11.6. The number of imidazole rings is 1. The molecule has 0 bridgehead atoms. The van der Waals surface area contributed by atoms with E-state index in [0.717, 1.165) is 6.54 Å². The monoisotopic (exact) mass is 224 g/mol. The lowest BCUT2D eigenvalue weighted by atomic mass is 10.1. The maximum Gasteiger partial charge on any atom is 0.220 e. The number of hydrogen-bond acceptors (Lipinski definition) is 3. The zero-order valence-corrected chi connectivity index (χ0v) is 9.89. The Hall–Kier alpha value is -1.36. The summed E-state index contributed by atoms with van der Waals surface area (Å²) in [5.41, 5.74) is 5.47. The number of nitrogens with one attached hydrogen (secondary N) is 1. The average molecular weight is 224 g/mol. The molecule has 1 heterocycles. The summed E-state index contributed by atoms with van der Waals surface area (Å²) >= 11 is 0. The second-order valence-corrected chi connectivity index (χ2v) is 4.27. The van der Waals surface area contributed by atoms with Crippen molar-refractivity contribution in [2.75, 3.05) is 6.54 Å². The van der Waals surface area contributed by atoms with Gasteiger partial charge >= 0.3 is 0 Å². The number of carbonyl (C=O) groups excluding carboxylic acids is 1. The van der Waals surface area contributed by atoms with Crippen molar-refractivity contribution < 1.29 is 4.79 Å². The number of nitrogens with two attached hydrogens (primary N) is 1. The Kier molecular flexibility index (Phi) is 4.98. The van der Waals surface area contributed by atoms with Crippen molar-refractivity contribution in [3.63, 3.8) is 0 Å². The zero-order valence-electron chi connectivity index (χ0n) is 9.89. The molecule has 5 heteroatoms. The minimum absolute atomic E-state index is 0.0607. The minimum atomic E-state index is 0.0607. The second kappa shape index (κ2) is 6.27. The quantitative estimate of drug-likeness (QED) is 0.733. The second-order valence-electron chi connectivity index (χ2n) is 4.27. The molecule has 1 aromatic heterocycles. The number of nitrogens with zero attached hydrogens (tertiary/aromatic N) is 2. The van der Waals surface area contributed by atoms with E-state index >= 15 is 0 Å². The zero-order chi connectivity index (χ0) is 12.0. The minimum Gasteiger partial charge on any atom is -0.352 e. The lowest BCUT2D eigenvalue weighted by Crippen LogP contribution is -2.36. The van der Waals surface area contributed by atoms with Crippen LogP contribution >= 0.6 is 0 Å². The van der Waals surface area contributed by atoms with Crippen molar-refractivity contribution >= 4 is 5.91 Å². The summed E-state index contributed by atoms with van der Waals surface area (Å²) in [6.45, 7) is 5.23. The molecule has 0 saturated heterocycles. The molecular weight excluding hydrogens is 204 g/mol. The van der Waals surface area contributed by atoms with Crippen molar-refractivity contribution in [2.45, 2.75) is 32.9 Å². The third-order valence-electron chi connectivity index (χ3n) is 2.39. The molecule has 5 nitrogen and oxygen atoms in total. The first kappa shape index (κ1) is 12.7. The van der Waals surface area contributed by atoms with Gasteiger partial charge in [-0.1, -0.05) is 6.92 Å². The number of aromatic nitrogens is 2. The lowest BCUT2D eigenvalue weighted by Gasteiger charge is -2.15. The normalized spacial score (nSPS) is 14.4. The Morgan fingerprint density at radius 1 is 1.56 bits per heavy atom. The van der Waals surface area contributed by atoms with Crippen LogP contribution in [-0.4, -0.2) is 28.0 Å². The molecule has 3 N–H and O–H groups in total. The van der Waals surface area contributed by atoms with Crippen LogP contribution in [0.1, 0.15) is 20.3 Å². The van der Waals surface area contributed by atoms with Crippen LogP contribution in [0.5, 0.6) is 0 Å². The first-order chi connectivity index (χ1) is 7.61. The van der Waals surface area contributed by atoms with Crippen molar-refractivity contribution in [3.05, 3.63) is 18.7 Å². The van der Waals surface area contributed by atoms with Crippen LogP contribution in [0.15, 0.2) is 18.7 Å². The van der Waals surface area contributed by atoms with Gasteiger partial charge in [-0.05, 0) is 19.4 Å². The molecule has 0 aliphatic rings. The predicted molar refractivity (Wildman–Crippen MR) is 62.7 cm³/mol. The number of amides is 1. The highest BCUT2D eigenvalue weighted by molar-refractivity contribution is 5.76. The highest BCUT2D eigenvalue weighted by Gasteiger charge is 2.10. The van der Waals surface area contributed by atoms with Gasteiger partial charge in [-0.15, -0.1) is 0 Å². The van der Waals surface area contributed by atoms with Crippen molar-refractivity contribution in [1.29, 1.82) is 0 Å². The van der Waals surface area contributed by atoms with E-state index in [-0.39, 0.29) is 17.9 Å². The van der Waals surface area contributed by atoms with Crippen LogP contribution in [0.2, 0.25) is 0 Å². The molecule has 0 aliphatic heterocycles. The third-order valence-corrected chi connectivity index (χ3v) is 2.39. The predicted octanol–water partition coefficient (Wildman–Crippen LogP) is 0.373. The van der Waals surface area contributed by atoms with Gasteiger partial charge < -0.3 is 15.6 Å². The van der Waals surface area contributed by atoms with Gasteiger partial charge in [0.05, 0.1) is 6.33 Å². The molecule has 0 spiro atoms. The van der Waals surface area contributed by atoms with E-state index in [1.807, 2.05) is 24.6 Å². The van der Waals surface area contributed by atoms with Gasteiger partial charge in [-0.2, -0.15) is 0 Å². The Labute approximate surface area is 96.0 Å². The maximum absolute atomic E-state index is 11.6. The molecular formula is C11H20N4O. The fraction of sp³-hybridized carbons (Fsp3) is 0.636. The Bertz CT molecular complexity index is 310. The van der Waals surface area contributed by atoms with Crippen LogP contribution < -0.4 is 11.1 Å². The highest BCUT2D eigenvalue weighted by Crippen LogP contribution is 1.99. The topological polar surface area (TPSA) is 72.9 Å². The first-order valence-corrected chi connectivity index (χ1v) is 5.57. The molecule has 0 aliphatic carbocycles. The molecule has 90 valence electrons. The van der Waals surface area contributed by atoms with Gasteiger partial charge in [0, 0.05) is 31.4 Å². The SMILES string of the molecule is CC(CN)CC(=O)NC(C)Cn1ccnc1. The van der Waals surface area contributed by atoms with E-state index in [2.05, 4.69) is 10.3 Å². The molecule has 1 amide bonds. The van der Waals surface area contributed by atoms with Crippen molar-refractivity contribution in [1.82, 2.24) is 14.9 Å². The summed E-state index contributed by atoms with van der Waals surface area (Å²) in [4.78, 5) is 15.5. The van der Waals surface area contributed by atoms with Crippen LogP contribution in [-0.2, 0) is 11.3 Å². The van der Waals surface area contributed by atoms with E-state index < -0.39 is 0 Å². The van der Waals surface area contributed by atoms with Gasteiger partial charge in [-0.3, -0.25) is 4.79 Å². The Morgan fingerprint density at radius 3 is 2.88 bits per heavy atom. The fourth-order valence-corrected chi connectivity index (χ4v) is 1.49. The van der Waals surface area contributed by atoms with Crippen LogP contribution in [0.3, 0.4) is 0 Å². The van der Waals surface area contributed by atoms with Gasteiger partial charge in [-0.25, -0.2) is 4.98 Å². The summed E-state index contributed by atoms with van der Waals surface area (Å²) < 4.78 is 1.94. The summed E-state index contributed by atoms with van der Waals surface area (Å²) in [6.07, 6.45) is 5.84.